The van der Waals surface area contributed by atoms with E-state index in [0.29, 0.717) is 6.42 Å². The molecule has 11 heavy (non-hydrogen) atoms. The second-order valence-electron chi connectivity index (χ2n) is 2.21. The van der Waals surface area contributed by atoms with Crippen LogP contribution in [0.25, 0.3) is 0 Å². The van der Waals surface area contributed by atoms with Crippen molar-refractivity contribution in [3.8, 4) is 0 Å². The van der Waals surface area contributed by atoms with Gasteiger partial charge in [0.1, 0.15) is 5.38 Å². The molecule has 0 radical (unpaired) electrons. The van der Waals surface area contributed by atoms with Crippen molar-refractivity contribution in [2.75, 3.05) is 0 Å². The number of unbranched alkanes of at least 4 members (excludes halogenated alkanes) is 1. The molecule has 0 saturated carbocycles. The highest BCUT2D eigenvalue weighted by Crippen LogP contribution is 2.08. The normalized spacial score (nSPS) is 12.2. The van der Waals surface area contributed by atoms with Crippen LogP contribution in [0, 0.1) is 0 Å². The summed E-state index contributed by atoms with van der Waals surface area (Å²) in [5.41, 5.74) is 0. The minimum Gasteiger partial charge on any atom is -0.434 e. The molecule has 0 heterocycles. The zero-order valence-corrected chi connectivity index (χ0v) is 7.43. The van der Waals surface area contributed by atoms with E-state index in [4.69, 9.17) is 11.6 Å². The first-order chi connectivity index (χ1) is 5.22. The zero-order valence-electron chi connectivity index (χ0n) is 6.68. The van der Waals surface area contributed by atoms with Gasteiger partial charge in [-0.3, -0.25) is 4.79 Å². The van der Waals surface area contributed by atoms with E-state index >= 15 is 0 Å². The summed E-state index contributed by atoms with van der Waals surface area (Å²) in [4.78, 5) is 10.8. The molecule has 0 aromatic heterocycles. The maximum absolute atomic E-state index is 10.8. The van der Waals surface area contributed by atoms with Gasteiger partial charge >= 0.3 is 5.97 Å². The largest absolute Gasteiger partial charge is 0.434 e. The molecule has 0 aliphatic carbocycles. The zero-order chi connectivity index (χ0) is 8.69. The molecule has 0 spiro atoms. The quantitative estimate of drug-likeness (QED) is 0.366. The molecule has 0 amide bonds. The molecule has 0 aliphatic rings. The Hall–Kier alpha value is -0.500. The Morgan fingerprint density at radius 3 is 2.91 bits per heavy atom. The van der Waals surface area contributed by atoms with Crippen LogP contribution in [-0.4, -0.2) is 11.3 Å². The third-order valence-electron chi connectivity index (χ3n) is 1.27. The number of ether oxygens (including phenoxy) is 1. The number of halogens is 1. The number of hydrogen-bond acceptors (Lipinski definition) is 2. The number of alkyl halides is 1. The molecular formula is C8H13ClO2. The summed E-state index contributed by atoms with van der Waals surface area (Å²) in [5.74, 6) is -0.407. The maximum Gasteiger partial charge on any atom is 0.328 e. The molecule has 0 aromatic carbocycles. The van der Waals surface area contributed by atoms with E-state index in [1.807, 2.05) is 6.92 Å². The van der Waals surface area contributed by atoms with E-state index < -0.39 is 11.3 Å². The average molecular weight is 177 g/mol. The number of esters is 1. The molecule has 3 heteroatoms. The van der Waals surface area contributed by atoms with Gasteiger partial charge in [-0.1, -0.05) is 26.3 Å². The smallest absolute Gasteiger partial charge is 0.328 e. The van der Waals surface area contributed by atoms with Crippen molar-refractivity contribution in [2.24, 2.45) is 0 Å². The Kier molecular flexibility index (Phi) is 5.94. The van der Waals surface area contributed by atoms with E-state index in [2.05, 4.69) is 11.3 Å². The Balaban J connectivity index is 3.54. The summed E-state index contributed by atoms with van der Waals surface area (Å²) in [6, 6.07) is 0. The molecule has 0 saturated heterocycles. The molecule has 0 aliphatic heterocycles. The first kappa shape index (κ1) is 10.5. The second-order valence-corrected chi connectivity index (χ2v) is 2.74. The summed E-state index contributed by atoms with van der Waals surface area (Å²) in [5, 5.41) is -0.520. The highest BCUT2D eigenvalue weighted by Gasteiger charge is 2.14. The van der Waals surface area contributed by atoms with Gasteiger partial charge < -0.3 is 4.74 Å². The van der Waals surface area contributed by atoms with E-state index in [0.717, 1.165) is 19.1 Å². The van der Waals surface area contributed by atoms with Gasteiger partial charge in [0.25, 0.3) is 0 Å². The first-order valence-corrected chi connectivity index (χ1v) is 4.11. The molecule has 2 nitrogen and oxygen atoms in total. The number of carbonyl (C=O) groups excluding carboxylic acids is 1. The fourth-order valence-corrected chi connectivity index (χ4v) is 0.863. The van der Waals surface area contributed by atoms with Crippen LogP contribution in [-0.2, 0) is 9.53 Å². The predicted octanol–water partition coefficient (Wildman–Crippen LogP) is 2.47. The minimum atomic E-state index is -0.520. The summed E-state index contributed by atoms with van der Waals surface area (Å²) < 4.78 is 4.49. The lowest BCUT2D eigenvalue weighted by Gasteiger charge is -2.04. The molecule has 0 rings (SSSR count). The third kappa shape index (κ3) is 4.85. The van der Waals surface area contributed by atoms with Gasteiger partial charge in [0.15, 0.2) is 0 Å². The molecule has 0 bridgehead atoms. The number of hydrogen-bond donors (Lipinski definition) is 0. The van der Waals surface area contributed by atoms with Crippen molar-refractivity contribution in [1.29, 1.82) is 0 Å². The Morgan fingerprint density at radius 2 is 2.45 bits per heavy atom. The predicted molar refractivity (Wildman–Crippen MR) is 45.5 cm³/mol. The monoisotopic (exact) mass is 176 g/mol. The van der Waals surface area contributed by atoms with Crippen LogP contribution >= 0.6 is 11.6 Å². The SMILES string of the molecule is C=COC(=O)C(Cl)CCCC. The van der Waals surface area contributed by atoms with Gasteiger partial charge in [-0.25, -0.2) is 0 Å². The van der Waals surface area contributed by atoms with Crippen LogP contribution in [0.2, 0.25) is 0 Å². The molecule has 1 unspecified atom stereocenters. The van der Waals surface area contributed by atoms with Crippen molar-refractivity contribution in [1.82, 2.24) is 0 Å². The van der Waals surface area contributed by atoms with E-state index in [-0.39, 0.29) is 0 Å². The maximum atomic E-state index is 10.8. The molecular weight excluding hydrogens is 164 g/mol. The Labute approximate surface area is 72.2 Å². The van der Waals surface area contributed by atoms with Gasteiger partial charge in [-0.15, -0.1) is 11.6 Å². The standard InChI is InChI=1S/C8H13ClO2/c1-3-5-6-7(9)8(10)11-4-2/h4,7H,2-3,5-6H2,1H3. The van der Waals surface area contributed by atoms with Crippen molar-refractivity contribution < 1.29 is 9.53 Å². The highest BCUT2D eigenvalue weighted by atomic mass is 35.5. The van der Waals surface area contributed by atoms with Crippen molar-refractivity contribution in [2.45, 2.75) is 31.6 Å². The van der Waals surface area contributed by atoms with Crippen LogP contribution in [0.1, 0.15) is 26.2 Å². The fourth-order valence-electron chi connectivity index (χ4n) is 0.657. The summed E-state index contributed by atoms with van der Waals surface area (Å²) in [6.45, 7) is 5.31. The molecule has 1 atom stereocenters. The van der Waals surface area contributed by atoms with Crippen LogP contribution in [0.4, 0.5) is 0 Å². The van der Waals surface area contributed by atoms with Crippen molar-refractivity contribution in [3.63, 3.8) is 0 Å². The lowest BCUT2D eigenvalue weighted by Crippen LogP contribution is -2.15. The summed E-state index contributed by atoms with van der Waals surface area (Å²) in [6.07, 6.45) is 3.75. The summed E-state index contributed by atoms with van der Waals surface area (Å²) in [7, 11) is 0. The average Bonchev–Trinajstić information content (AvgIpc) is 2.00. The van der Waals surface area contributed by atoms with Crippen LogP contribution in [0.5, 0.6) is 0 Å². The Morgan fingerprint density at radius 1 is 1.82 bits per heavy atom. The van der Waals surface area contributed by atoms with Gasteiger partial charge in [0, 0.05) is 0 Å². The molecule has 0 aromatic rings. The van der Waals surface area contributed by atoms with Gasteiger partial charge in [0.05, 0.1) is 6.26 Å². The van der Waals surface area contributed by atoms with Crippen LogP contribution < -0.4 is 0 Å². The molecule has 0 N–H and O–H groups in total. The topological polar surface area (TPSA) is 26.3 Å². The van der Waals surface area contributed by atoms with Crippen LogP contribution in [0.15, 0.2) is 12.8 Å². The lowest BCUT2D eigenvalue weighted by atomic mass is 10.2. The van der Waals surface area contributed by atoms with Gasteiger partial charge in [-0.2, -0.15) is 0 Å². The third-order valence-corrected chi connectivity index (χ3v) is 1.66. The minimum absolute atomic E-state index is 0.407. The van der Waals surface area contributed by atoms with E-state index in [1.165, 1.54) is 0 Å². The van der Waals surface area contributed by atoms with Crippen molar-refractivity contribution >= 4 is 17.6 Å². The van der Waals surface area contributed by atoms with E-state index in [1.54, 1.807) is 0 Å². The Bertz CT molecular complexity index is 134. The summed E-state index contributed by atoms with van der Waals surface area (Å²) >= 11 is 5.67. The van der Waals surface area contributed by atoms with Crippen molar-refractivity contribution in [3.05, 3.63) is 12.8 Å². The lowest BCUT2D eigenvalue weighted by molar-refractivity contribution is -0.137. The second kappa shape index (κ2) is 6.23. The van der Waals surface area contributed by atoms with E-state index in [9.17, 15) is 4.79 Å². The number of carbonyl (C=O) groups is 1. The molecule has 0 fully saturated rings. The van der Waals surface area contributed by atoms with Gasteiger partial charge in [0.2, 0.25) is 0 Å². The van der Waals surface area contributed by atoms with Gasteiger partial charge in [-0.05, 0) is 6.42 Å². The number of rotatable bonds is 5. The highest BCUT2D eigenvalue weighted by molar-refractivity contribution is 6.29. The fraction of sp³-hybridized carbons (Fsp3) is 0.625. The van der Waals surface area contributed by atoms with Crippen LogP contribution in [0.3, 0.4) is 0 Å². The first-order valence-electron chi connectivity index (χ1n) is 3.67. The molecule has 64 valence electrons.